The first-order valence-electron chi connectivity index (χ1n) is 5.54. The molecule has 0 fully saturated rings. The smallest absolute Gasteiger partial charge is 0.252 e. The fourth-order valence-corrected chi connectivity index (χ4v) is 1.59. The Morgan fingerprint density at radius 1 is 0.889 bits per heavy atom. The number of hydrogen-bond acceptors (Lipinski definition) is 1. The van der Waals surface area contributed by atoms with Gasteiger partial charge in [-0.2, -0.15) is 0 Å². The SMILES string of the molecule is Cc1ccc(C#Cc2ccc(C(=O)Cl)cc2)cc1. The van der Waals surface area contributed by atoms with E-state index in [4.69, 9.17) is 11.6 Å². The van der Waals surface area contributed by atoms with Gasteiger partial charge in [0.25, 0.3) is 5.24 Å². The lowest BCUT2D eigenvalue weighted by Crippen LogP contribution is -1.87. The second-order valence-corrected chi connectivity index (χ2v) is 4.31. The maximum Gasteiger partial charge on any atom is 0.252 e. The summed E-state index contributed by atoms with van der Waals surface area (Å²) in [4.78, 5) is 10.9. The third-order valence-electron chi connectivity index (χ3n) is 2.51. The monoisotopic (exact) mass is 254 g/mol. The first-order valence-corrected chi connectivity index (χ1v) is 5.91. The summed E-state index contributed by atoms with van der Waals surface area (Å²) < 4.78 is 0. The number of hydrogen-bond donors (Lipinski definition) is 0. The molecule has 0 aliphatic heterocycles. The second kappa shape index (κ2) is 5.53. The summed E-state index contributed by atoms with van der Waals surface area (Å²) in [6.07, 6.45) is 0. The molecule has 0 aliphatic rings. The van der Waals surface area contributed by atoms with Crippen LogP contribution in [0.2, 0.25) is 0 Å². The minimum absolute atomic E-state index is 0.451. The van der Waals surface area contributed by atoms with Gasteiger partial charge in [0.1, 0.15) is 0 Å². The van der Waals surface area contributed by atoms with Crippen LogP contribution in [-0.4, -0.2) is 5.24 Å². The molecule has 2 heteroatoms. The second-order valence-electron chi connectivity index (χ2n) is 3.97. The molecule has 0 spiro atoms. The van der Waals surface area contributed by atoms with Gasteiger partial charge in [0.2, 0.25) is 0 Å². The molecule has 2 rings (SSSR count). The molecule has 0 N–H and O–H groups in total. The summed E-state index contributed by atoms with van der Waals surface area (Å²) in [6.45, 7) is 2.04. The van der Waals surface area contributed by atoms with Crippen LogP contribution < -0.4 is 0 Å². The van der Waals surface area contributed by atoms with Gasteiger partial charge in [0, 0.05) is 16.7 Å². The van der Waals surface area contributed by atoms with Crippen LogP contribution in [0, 0.1) is 18.8 Å². The molecular weight excluding hydrogens is 244 g/mol. The largest absolute Gasteiger partial charge is 0.276 e. The van der Waals surface area contributed by atoms with E-state index in [0.717, 1.165) is 11.1 Å². The zero-order chi connectivity index (χ0) is 13.0. The number of rotatable bonds is 1. The van der Waals surface area contributed by atoms with Crippen molar-refractivity contribution < 1.29 is 4.79 Å². The minimum Gasteiger partial charge on any atom is -0.276 e. The van der Waals surface area contributed by atoms with Crippen LogP contribution in [0.3, 0.4) is 0 Å². The Morgan fingerprint density at radius 3 is 1.78 bits per heavy atom. The zero-order valence-electron chi connectivity index (χ0n) is 9.91. The van der Waals surface area contributed by atoms with Crippen molar-refractivity contribution in [2.75, 3.05) is 0 Å². The topological polar surface area (TPSA) is 17.1 Å². The molecule has 0 aromatic heterocycles. The van der Waals surface area contributed by atoms with E-state index in [1.165, 1.54) is 5.56 Å². The third-order valence-corrected chi connectivity index (χ3v) is 2.73. The van der Waals surface area contributed by atoms with E-state index < -0.39 is 5.24 Å². The van der Waals surface area contributed by atoms with E-state index in [1.807, 2.05) is 31.2 Å². The Balaban J connectivity index is 2.19. The van der Waals surface area contributed by atoms with E-state index in [1.54, 1.807) is 24.3 Å². The Labute approximate surface area is 111 Å². The van der Waals surface area contributed by atoms with E-state index in [2.05, 4.69) is 11.8 Å². The van der Waals surface area contributed by atoms with Crippen LogP contribution in [0.4, 0.5) is 0 Å². The number of benzene rings is 2. The highest BCUT2D eigenvalue weighted by atomic mass is 35.5. The van der Waals surface area contributed by atoms with E-state index in [9.17, 15) is 4.79 Å². The molecule has 1 nitrogen and oxygen atoms in total. The predicted octanol–water partition coefficient (Wildman–Crippen LogP) is 3.77. The normalized spacial score (nSPS) is 9.44. The van der Waals surface area contributed by atoms with Crippen molar-refractivity contribution in [1.82, 2.24) is 0 Å². The van der Waals surface area contributed by atoms with Crippen molar-refractivity contribution in [1.29, 1.82) is 0 Å². The molecule has 18 heavy (non-hydrogen) atoms. The fourth-order valence-electron chi connectivity index (χ4n) is 1.47. The van der Waals surface area contributed by atoms with Crippen LogP contribution in [0.15, 0.2) is 48.5 Å². The molecule has 0 saturated carbocycles. The Kier molecular flexibility index (Phi) is 3.82. The number of carbonyl (C=O) groups is 1. The summed E-state index contributed by atoms with van der Waals surface area (Å²) in [7, 11) is 0. The number of carbonyl (C=O) groups excluding carboxylic acids is 1. The lowest BCUT2D eigenvalue weighted by molar-refractivity contribution is 0.108. The van der Waals surface area contributed by atoms with Crippen molar-refractivity contribution in [3.05, 3.63) is 70.8 Å². The summed E-state index contributed by atoms with van der Waals surface area (Å²) in [5, 5.41) is -0.451. The number of aryl methyl sites for hydroxylation is 1. The Morgan fingerprint density at radius 2 is 1.33 bits per heavy atom. The van der Waals surface area contributed by atoms with Crippen molar-refractivity contribution in [3.63, 3.8) is 0 Å². The maximum atomic E-state index is 10.9. The minimum atomic E-state index is -0.451. The van der Waals surface area contributed by atoms with E-state index in [0.29, 0.717) is 5.56 Å². The van der Waals surface area contributed by atoms with Gasteiger partial charge in [0.15, 0.2) is 0 Å². The lowest BCUT2D eigenvalue weighted by atomic mass is 10.1. The molecule has 0 bridgehead atoms. The highest BCUT2D eigenvalue weighted by molar-refractivity contribution is 6.67. The van der Waals surface area contributed by atoms with Gasteiger partial charge in [-0.3, -0.25) is 4.79 Å². The van der Waals surface area contributed by atoms with Crippen molar-refractivity contribution in [2.45, 2.75) is 6.92 Å². The molecule has 2 aromatic rings. The van der Waals surface area contributed by atoms with Crippen molar-refractivity contribution in [2.24, 2.45) is 0 Å². The average Bonchev–Trinajstić information content (AvgIpc) is 2.38. The zero-order valence-corrected chi connectivity index (χ0v) is 10.7. The van der Waals surface area contributed by atoms with Gasteiger partial charge in [0.05, 0.1) is 0 Å². The van der Waals surface area contributed by atoms with Gasteiger partial charge in [-0.1, -0.05) is 29.5 Å². The fraction of sp³-hybridized carbons (Fsp3) is 0.0625. The molecule has 0 unspecified atom stereocenters. The van der Waals surface area contributed by atoms with E-state index in [-0.39, 0.29) is 0 Å². The Hall–Kier alpha value is -2.04. The Bertz CT molecular complexity index is 613. The highest BCUT2D eigenvalue weighted by Crippen LogP contribution is 2.07. The van der Waals surface area contributed by atoms with Gasteiger partial charge >= 0.3 is 0 Å². The predicted molar refractivity (Wildman–Crippen MR) is 73.8 cm³/mol. The van der Waals surface area contributed by atoms with E-state index >= 15 is 0 Å². The molecule has 0 atom stereocenters. The molecule has 88 valence electrons. The molecule has 0 saturated heterocycles. The van der Waals surface area contributed by atoms with Gasteiger partial charge in [-0.15, -0.1) is 0 Å². The summed E-state index contributed by atoms with van der Waals surface area (Å²) in [6, 6.07) is 15.0. The van der Waals surface area contributed by atoms with Gasteiger partial charge in [-0.25, -0.2) is 0 Å². The third kappa shape index (κ3) is 3.23. The van der Waals surface area contributed by atoms with Gasteiger partial charge < -0.3 is 0 Å². The first kappa shape index (κ1) is 12.4. The molecular formula is C16H11ClO. The van der Waals surface area contributed by atoms with Crippen molar-refractivity contribution in [3.8, 4) is 11.8 Å². The first-order chi connectivity index (χ1) is 8.65. The van der Waals surface area contributed by atoms with Crippen LogP contribution in [-0.2, 0) is 0 Å². The molecule has 0 aliphatic carbocycles. The standard InChI is InChI=1S/C16H11ClO/c1-12-2-4-13(5-3-12)6-7-14-8-10-15(11-9-14)16(17)18/h2-5,8-11H,1H3. The molecule has 0 amide bonds. The lowest BCUT2D eigenvalue weighted by Gasteiger charge is -1.94. The highest BCUT2D eigenvalue weighted by Gasteiger charge is 1.99. The summed E-state index contributed by atoms with van der Waals surface area (Å²) in [5.74, 6) is 6.11. The average molecular weight is 255 g/mol. The van der Waals surface area contributed by atoms with Gasteiger partial charge in [-0.05, 0) is 54.9 Å². The summed E-state index contributed by atoms with van der Waals surface area (Å²) in [5.41, 5.74) is 3.53. The van der Waals surface area contributed by atoms with Crippen LogP contribution in [0.25, 0.3) is 0 Å². The molecule has 0 heterocycles. The quantitative estimate of drug-likeness (QED) is 0.559. The van der Waals surface area contributed by atoms with Crippen LogP contribution in [0.5, 0.6) is 0 Å². The van der Waals surface area contributed by atoms with Crippen molar-refractivity contribution >= 4 is 16.8 Å². The molecule has 0 radical (unpaired) electrons. The molecule has 2 aromatic carbocycles. The van der Waals surface area contributed by atoms with Crippen LogP contribution in [0.1, 0.15) is 27.0 Å². The summed E-state index contributed by atoms with van der Waals surface area (Å²) >= 11 is 5.37. The van der Waals surface area contributed by atoms with Crippen LogP contribution >= 0.6 is 11.6 Å². The maximum absolute atomic E-state index is 10.9. The number of halogens is 1.